The second kappa shape index (κ2) is 4.73. The number of benzene rings is 1. The number of aryl methyl sites for hydroxylation is 1. The Labute approximate surface area is 98.1 Å². The van der Waals surface area contributed by atoms with Crippen molar-refractivity contribution >= 4 is 23.4 Å². The highest BCUT2D eigenvalue weighted by atomic mass is 35.5. The van der Waals surface area contributed by atoms with E-state index < -0.39 is 0 Å². The molecule has 0 spiro atoms. The van der Waals surface area contributed by atoms with Crippen molar-refractivity contribution in [3.8, 4) is 0 Å². The molecule has 1 aromatic heterocycles. The molecular weight excluding hydrogens is 228 g/mol. The van der Waals surface area contributed by atoms with Crippen LogP contribution in [0.5, 0.6) is 0 Å². The maximum atomic E-state index is 5.81. The van der Waals surface area contributed by atoms with Crippen molar-refractivity contribution in [2.24, 2.45) is 0 Å². The Morgan fingerprint density at radius 2 is 2.07 bits per heavy atom. The lowest BCUT2D eigenvalue weighted by Gasteiger charge is -2.00. The van der Waals surface area contributed by atoms with Gasteiger partial charge in [-0.15, -0.1) is 11.8 Å². The third-order valence-electron chi connectivity index (χ3n) is 2.12. The lowest BCUT2D eigenvalue weighted by atomic mass is 10.4. The number of rotatable bonds is 3. The van der Waals surface area contributed by atoms with E-state index in [1.165, 1.54) is 4.90 Å². The van der Waals surface area contributed by atoms with E-state index in [2.05, 4.69) is 9.97 Å². The third kappa shape index (κ3) is 2.76. The summed E-state index contributed by atoms with van der Waals surface area (Å²) in [6.07, 6.45) is 1.73. The second-order valence-corrected chi connectivity index (χ2v) is 4.70. The molecule has 1 heterocycles. The fraction of sp³-hybridized carbons (Fsp3) is 0.182. The van der Waals surface area contributed by atoms with Crippen LogP contribution in [0.3, 0.4) is 0 Å². The minimum Gasteiger partial charge on any atom is -0.348 e. The minimum absolute atomic E-state index is 0.773. The highest BCUT2D eigenvalue weighted by molar-refractivity contribution is 7.98. The van der Waals surface area contributed by atoms with E-state index in [9.17, 15) is 0 Å². The molecule has 0 bridgehead atoms. The number of H-pyrrole nitrogens is 1. The molecule has 0 fully saturated rings. The topological polar surface area (TPSA) is 28.7 Å². The zero-order chi connectivity index (χ0) is 10.7. The number of imidazole rings is 1. The van der Waals surface area contributed by atoms with E-state index in [0.29, 0.717) is 0 Å². The lowest BCUT2D eigenvalue weighted by molar-refractivity contribution is 1.19. The van der Waals surface area contributed by atoms with Crippen molar-refractivity contribution in [2.75, 3.05) is 0 Å². The molecule has 0 aliphatic rings. The fourth-order valence-corrected chi connectivity index (χ4v) is 2.26. The van der Waals surface area contributed by atoms with Gasteiger partial charge in [-0.25, -0.2) is 4.98 Å². The quantitative estimate of drug-likeness (QED) is 0.827. The monoisotopic (exact) mass is 238 g/mol. The average molecular weight is 239 g/mol. The summed E-state index contributed by atoms with van der Waals surface area (Å²) < 4.78 is 0. The van der Waals surface area contributed by atoms with Crippen molar-refractivity contribution in [3.63, 3.8) is 0 Å². The average Bonchev–Trinajstić information content (AvgIpc) is 2.63. The molecule has 1 aromatic carbocycles. The maximum Gasteiger partial charge on any atom is 0.0925 e. The van der Waals surface area contributed by atoms with Crippen molar-refractivity contribution < 1.29 is 0 Å². The van der Waals surface area contributed by atoms with Crippen LogP contribution in [0.2, 0.25) is 5.02 Å². The van der Waals surface area contributed by atoms with E-state index in [1.54, 1.807) is 18.1 Å². The van der Waals surface area contributed by atoms with Gasteiger partial charge in [-0.2, -0.15) is 0 Å². The Morgan fingerprint density at radius 1 is 1.33 bits per heavy atom. The van der Waals surface area contributed by atoms with Gasteiger partial charge in [0.25, 0.3) is 0 Å². The number of nitrogens with zero attached hydrogens (tertiary/aromatic N) is 1. The summed E-state index contributed by atoms with van der Waals surface area (Å²) in [7, 11) is 0. The van der Waals surface area contributed by atoms with Crippen LogP contribution in [0.25, 0.3) is 0 Å². The molecule has 0 atom stereocenters. The predicted molar refractivity (Wildman–Crippen MR) is 64.3 cm³/mol. The first-order chi connectivity index (χ1) is 7.25. The molecule has 0 unspecified atom stereocenters. The molecule has 0 amide bonds. The largest absolute Gasteiger partial charge is 0.348 e. The molecule has 15 heavy (non-hydrogen) atoms. The van der Waals surface area contributed by atoms with Gasteiger partial charge in [0.1, 0.15) is 0 Å². The molecule has 0 saturated heterocycles. The van der Waals surface area contributed by atoms with E-state index in [-0.39, 0.29) is 0 Å². The molecule has 0 aliphatic carbocycles. The first-order valence-electron chi connectivity index (χ1n) is 4.63. The van der Waals surface area contributed by atoms with Crippen LogP contribution in [0.1, 0.15) is 11.4 Å². The molecule has 2 aromatic rings. The van der Waals surface area contributed by atoms with Crippen LogP contribution < -0.4 is 0 Å². The molecule has 0 radical (unpaired) electrons. The summed E-state index contributed by atoms with van der Waals surface area (Å²) in [5.41, 5.74) is 2.24. The van der Waals surface area contributed by atoms with Gasteiger partial charge in [-0.3, -0.25) is 0 Å². The number of hydrogen-bond donors (Lipinski definition) is 1. The van der Waals surface area contributed by atoms with Gasteiger partial charge < -0.3 is 4.98 Å². The number of aromatic amines is 1. The van der Waals surface area contributed by atoms with Crippen molar-refractivity contribution in [3.05, 3.63) is 47.0 Å². The van der Waals surface area contributed by atoms with E-state index in [0.717, 1.165) is 22.2 Å². The zero-order valence-electron chi connectivity index (χ0n) is 8.33. The Morgan fingerprint density at radius 3 is 2.67 bits per heavy atom. The number of nitrogens with one attached hydrogen (secondary N) is 1. The molecule has 0 aliphatic heterocycles. The number of thioether (sulfide) groups is 1. The summed E-state index contributed by atoms with van der Waals surface area (Å²) in [6, 6.07) is 7.85. The van der Waals surface area contributed by atoms with Gasteiger partial charge in [0, 0.05) is 21.4 Å². The van der Waals surface area contributed by atoms with E-state index >= 15 is 0 Å². The van der Waals surface area contributed by atoms with Gasteiger partial charge in [-0.1, -0.05) is 11.6 Å². The molecule has 2 nitrogen and oxygen atoms in total. The SMILES string of the molecule is Cc1[nH]cnc1CSc1ccc(Cl)cc1. The third-order valence-corrected chi connectivity index (χ3v) is 3.40. The Bertz CT molecular complexity index is 436. The van der Waals surface area contributed by atoms with Crippen molar-refractivity contribution in [1.29, 1.82) is 0 Å². The minimum atomic E-state index is 0.773. The maximum absolute atomic E-state index is 5.81. The summed E-state index contributed by atoms with van der Waals surface area (Å²) in [6.45, 7) is 2.03. The smallest absolute Gasteiger partial charge is 0.0925 e. The second-order valence-electron chi connectivity index (χ2n) is 3.22. The molecule has 0 saturated carbocycles. The zero-order valence-corrected chi connectivity index (χ0v) is 9.90. The van der Waals surface area contributed by atoms with Crippen molar-refractivity contribution in [1.82, 2.24) is 9.97 Å². The van der Waals surface area contributed by atoms with Gasteiger partial charge in [0.2, 0.25) is 0 Å². The first kappa shape index (κ1) is 10.6. The number of hydrogen-bond acceptors (Lipinski definition) is 2. The first-order valence-corrected chi connectivity index (χ1v) is 5.99. The summed E-state index contributed by atoms with van der Waals surface area (Å²) in [5, 5.41) is 0.773. The Balaban J connectivity index is 1.99. The van der Waals surface area contributed by atoms with E-state index in [4.69, 9.17) is 11.6 Å². The van der Waals surface area contributed by atoms with Crippen LogP contribution in [0, 0.1) is 6.92 Å². The van der Waals surface area contributed by atoms with Crippen LogP contribution in [0.15, 0.2) is 35.5 Å². The van der Waals surface area contributed by atoms with Crippen LogP contribution in [0.4, 0.5) is 0 Å². The number of halogens is 1. The van der Waals surface area contributed by atoms with Gasteiger partial charge in [0.05, 0.1) is 12.0 Å². The molecule has 1 N–H and O–H groups in total. The lowest BCUT2D eigenvalue weighted by Crippen LogP contribution is -1.84. The molecular formula is C11H11ClN2S. The highest BCUT2D eigenvalue weighted by Crippen LogP contribution is 2.24. The van der Waals surface area contributed by atoms with Crippen LogP contribution in [-0.4, -0.2) is 9.97 Å². The molecule has 2 rings (SSSR count). The standard InChI is InChI=1S/C11H11ClN2S/c1-8-11(14-7-13-8)6-15-10-4-2-9(12)3-5-10/h2-5,7H,6H2,1H3,(H,13,14). The summed E-state index contributed by atoms with van der Waals surface area (Å²) in [5.74, 6) is 0.886. The predicted octanol–water partition coefficient (Wildman–Crippen LogP) is 3.66. The van der Waals surface area contributed by atoms with Gasteiger partial charge in [0.15, 0.2) is 0 Å². The summed E-state index contributed by atoms with van der Waals surface area (Å²) >= 11 is 7.57. The van der Waals surface area contributed by atoms with Crippen molar-refractivity contribution in [2.45, 2.75) is 17.6 Å². The van der Waals surface area contributed by atoms with Crippen LogP contribution >= 0.6 is 23.4 Å². The normalized spacial score (nSPS) is 10.5. The molecule has 4 heteroatoms. The highest BCUT2D eigenvalue weighted by Gasteiger charge is 2.01. The van der Waals surface area contributed by atoms with Gasteiger partial charge in [-0.05, 0) is 31.2 Å². The fourth-order valence-electron chi connectivity index (χ4n) is 1.22. The van der Waals surface area contributed by atoms with Crippen LogP contribution in [-0.2, 0) is 5.75 Å². The number of aromatic nitrogens is 2. The molecule has 78 valence electrons. The Kier molecular flexibility index (Phi) is 3.34. The summed E-state index contributed by atoms with van der Waals surface area (Å²) in [4.78, 5) is 8.52. The Hall–Kier alpha value is -0.930. The van der Waals surface area contributed by atoms with Gasteiger partial charge >= 0.3 is 0 Å². The van der Waals surface area contributed by atoms with E-state index in [1.807, 2.05) is 31.2 Å².